The largest absolute Gasteiger partial charge is 0.326 e. The Morgan fingerprint density at radius 1 is 1.07 bits per heavy atom. The molecule has 0 aliphatic heterocycles. The fourth-order valence-electron chi connectivity index (χ4n) is 2.99. The van der Waals surface area contributed by atoms with E-state index in [1.807, 2.05) is 52.0 Å². The molecule has 0 aliphatic rings. The number of tetrazole rings is 1. The van der Waals surface area contributed by atoms with Crippen molar-refractivity contribution in [1.82, 2.24) is 20.2 Å². The molecule has 1 atom stereocenters. The second-order valence-corrected chi connectivity index (χ2v) is 8.29. The molecule has 1 heterocycles. The average molecular weight is 410 g/mol. The Labute approximate surface area is 173 Å². The highest BCUT2D eigenvalue weighted by Gasteiger charge is 2.22. The van der Waals surface area contributed by atoms with Gasteiger partial charge in [-0.15, -0.1) is 5.10 Å². The van der Waals surface area contributed by atoms with Crippen molar-refractivity contribution in [2.75, 3.05) is 5.32 Å². The number of rotatable bonds is 6. The van der Waals surface area contributed by atoms with Gasteiger partial charge in [0.25, 0.3) is 0 Å². The Morgan fingerprint density at radius 2 is 1.79 bits per heavy atom. The lowest BCUT2D eigenvalue weighted by Crippen LogP contribution is -2.16. The molecule has 1 N–H and O–H groups in total. The summed E-state index contributed by atoms with van der Waals surface area (Å²) in [6, 6.07) is 11.2. The number of carbonyl (C=O) groups excluding carboxylic acids is 2. The van der Waals surface area contributed by atoms with Crippen LogP contribution >= 0.6 is 11.8 Å². The summed E-state index contributed by atoms with van der Waals surface area (Å²) < 4.78 is 1.56. The summed E-state index contributed by atoms with van der Waals surface area (Å²) in [5, 5.41) is 14.8. The summed E-state index contributed by atoms with van der Waals surface area (Å²) in [4.78, 5) is 24.3. The number of hydrogen-bond donors (Lipinski definition) is 1. The van der Waals surface area contributed by atoms with E-state index in [4.69, 9.17) is 0 Å². The van der Waals surface area contributed by atoms with Gasteiger partial charge in [-0.05, 0) is 79.1 Å². The molecule has 0 spiro atoms. The summed E-state index contributed by atoms with van der Waals surface area (Å²) in [6.45, 7) is 9.31. The zero-order valence-electron chi connectivity index (χ0n) is 17.1. The van der Waals surface area contributed by atoms with Gasteiger partial charge >= 0.3 is 0 Å². The molecule has 0 saturated carbocycles. The van der Waals surface area contributed by atoms with Gasteiger partial charge < -0.3 is 5.32 Å². The first-order valence-corrected chi connectivity index (χ1v) is 10.1. The molecule has 0 unspecified atom stereocenters. The molecule has 150 valence electrons. The molecular weight excluding hydrogens is 386 g/mol. The monoisotopic (exact) mass is 409 g/mol. The number of nitrogens with one attached hydrogen (secondary N) is 1. The topological polar surface area (TPSA) is 89.8 Å². The number of hydrogen-bond acceptors (Lipinski definition) is 6. The first kappa shape index (κ1) is 20.7. The van der Waals surface area contributed by atoms with Crippen LogP contribution in [-0.2, 0) is 4.79 Å². The Balaban J connectivity index is 1.84. The number of aryl methyl sites for hydroxylation is 3. The molecule has 0 bridgehead atoms. The summed E-state index contributed by atoms with van der Waals surface area (Å²) in [6.07, 6.45) is 0. The second kappa shape index (κ2) is 8.57. The molecule has 0 fully saturated rings. The zero-order chi connectivity index (χ0) is 21.1. The molecule has 1 aromatic heterocycles. The van der Waals surface area contributed by atoms with Gasteiger partial charge in [0.2, 0.25) is 11.1 Å². The van der Waals surface area contributed by atoms with Gasteiger partial charge in [0.15, 0.2) is 5.78 Å². The molecule has 2 aromatic carbocycles. The first-order valence-electron chi connectivity index (χ1n) is 9.21. The summed E-state index contributed by atoms with van der Waals surface area (Å²) in [5.74, 6) is -0.117. The van der Waals surface area contributed by atoms with Crippen LogP contribution in [0, 0.1) is 20.8 Å². The number of carbonyl (C=O) groups is 2. The van der Waals surface area contributed by atoms with E-state index in [0.29, 0.717) is 16.5 Å². The number of amides is 1. The molecule has 8 heteroatoms. The van der Waals surface area contributed by atoms with E-state index in [1.165, 1.54) is 24.2 Å². The molecule has 7 nitrogen and oxygen atoms in total. The number of thioether (sulfide) groups is 1. The third kappa shape index (κ3) is 4.71. The van der Waals surface area contributed by atoms with Crippen LogP contribution in [0.1, 0.15) is 40.9 Å². The number of benzene rings is 2. The van der Waals surface area contributed by atoms with Crippen molar-refractivity contribution in [2.24, 2.45) is 0 Å². The molecule has 0 radical (unpaired) electrons. The van der Waals surface area contributed by atoms with Crippen LogP contribution in [0.4, 0.5) is 5.69 Å². The van der Waals surface area contributed by atoms with Crippen LogP contribution in [0.2, 0.25) is 0 Å². The van der Waals surface area contributed by atoms with Crippen molar-refractivity contribution >= 4 is 29.1 Å². The number of aromatic nitrogens is 4. The number of anilines is 1. The zero-order valence-corrected chi connectivity index (χ0v) is 17.9. The maximum atomic E-state index is 13.0. The smallest absolute Gasteiger partial charge is 0.221 e. The minimum atomic E-state index is -0.362. The molecule has 0 aliphatic carbocycles. The van der Waals surface area contributed by atoms with E-state index in [1.54, 1.807) is 16.8 Å². The van der Waals surface area contributed by atoms with E-state index in [0.717, 1.165) is 16.7 Å². The van der Waals surface area contributed by atoms with Crippen LogP contribution in [0.3, 0.4) is 0 Å². The maximum Gasteiger partial charge on any atom is 0.221 e. The van der Waals surface area contributed by atoms with Gasteiger partial charge in [-0.1, -0.05) is 23.9 Å². The minimum Gasteiger partial charge on any atom is -0.326 e. The first-order chi connectivity index (χ1) is 13.8. The number of ketones is 1. The molecule has 1 amide bonds. The normalized spacial score (nSPS) is 11.9. The SMILES string of the molecule is CC(=O)Nc1cccc(-n2nnnc2S[C@H](C)C(=O)c2cc(C)c(C)cc2C)c1. The molecule has 0 saturated heterocycles. The third-order valence-corrected chi connectivity index (χ3v) is 5.64. The maximum absolute atomic E-state index is 13.0. The highest BCUT2D eigenvalue weighted by atomic mass is 32.2. The van der Waals surface area contributed by atoms with Crippen molar-refractivity contribution in [2.45, 2.75) is 45.0 Å². The Morgan fingerprint density at radius 3 is 2.52 bits per heavy atom. The lowest BCUT2D eigenvalue weighted by Gasteiger charge is -2.14. The van der Waals surface area contributed by atoms with Crippen LogP contribution in [-0.4, -0.2) is 37.1 Å². The quantitative estimate of drug-likeness (QED) is 0.490. The second-order valence-electron chi connectivity index (χ2n) is 6.98. The summed E-state index contributed by atoms with van der Waals surface area (Å²) in [7, 11) is 0. The van der Waals surface area contributed by atoms with Crippen molar-refractivity contribution in [3.63, 3.8) is 0 Å². The van der Waals surface area contributed by atoms with Gasteiger partial charge in [-0.2, -0.15) is 4.68 Å². The predicted octanol–water partition coefficient (Wildman–Crippen LogP) is 3.91. The van der Waals surface area contributed by atoms with Crippen molar-refractivity contribution in [3.8, 4) is 5.69 Å². The van der Waals surface area contributed by atoms with Crippen LogP contribution in [0.15, 0.2) is 41.6 Å². The number of Topliss-reactive ketones (excluding diaryl/α,β-unsaturated/α-hetero) is 1. The van der Waals surface area contributed by atoms with Gasteiger partial charge in [0.05, 0.1) is 10.9 Å². The lowest BCUT2D eigenvalue weighted by atomic mass is 9.97. The standard InChI is InChI=1S/C21H23N5O2S/c1-12-9-14(3)19(10-13(12)2)20(28)15(4)29-21-23-24-25-26(21)18-8-6-7-17(11-18)22-16(5)27/h6-11,15H,1-5H3,(H,22,27)/t15-/m1/s1. The minimum absolute atomic E-state index is 0.0390. The lowest BCUT2D eigenvalue weighted by molar-refractivity contribution is -0.114. The Bertz CT molecular complexity index is 1080. The highest BCUT2D eigenvalue weighted by Crippen LogP contribution is 2.27. The highest BCUT2D eigenvalue weighted by molar-refractivity contribution is 8.00. The van der Waals surface area contributed by atoms with Gasteiger partial charge in [-0.25, -0.2) is 0 Å². The average Bonchev–Trinajstić information content (AvgIpc) is 3.12. The number of nitrogens with zero attached hydrogens (tertiary/aromatic N) is 4. The van der Waals surface area contributed by atoms with Gasteiger partial charge in [0, 0.05) is 18.2 Å². The Hall–Kier alpha value is -3.00. The van der Waals surface area contributed by atoms with Crippen molar-refractivity contribution in [3.05, 3.63) is 58.7 Å². The Kier molecular flexibility index (Phi) is 6.12. The summed E-state index contributed by atoms with van der Waals surface area (Å²) >= 11 is 1.30. The predicted molar refractivity (Wildman–Crippen MR) is 114 cm³/mol. The van der Waals surface area contributed by atoms with Crippen LogP contribution in [0.25, 0.3) is 5.69 Å². The molecule has 3 rings (SSSR count). The van der Waals surface area contributed by atoms with E-state index >= 15 is 0 Å². The van der Waals surface area contributed by atoms with E-state index in [9.17, 15) is 9.59 Å². The fourth-order valence-corrected chi connectivity index (χ4v) is 3.87. The van der Waals surface area contributed by atoms with Crippen LogP contribution < -0.4 is 5.32 Å². The van der Waals surface area contributed by atoms with Crippen LogP contribution in [0.5, 0.6) is 0 Å². The molecule has 3 aromatic rings. The third-order valence-electron chi connectivity index (χ3n) is 4.61. The van der Waals surface area contributed by atoms with Crippen molar-refractivity contribution < 1.29 is 9.59 Å². The van der Waals surface area contributed by atoms with Crippen molar-refractivity contribution in [1.29, 1.82) is 0 Å². The van der Waals surface area contributed by atoms with E-state index in [2.05, 4.69) is 20.8 Å². The molecule has 29 heavy (non-hydrogen) atoms. The van der Waals surface area contributed by atoms with E-state index in [-0.39, 0.29) is 16.9 Å². The summed E-state index contributed by atoms with van der Waals surface area (Å²) in [5.41, 5.74) is 5.30. The van der Waals surface area contributed by atoms with Gasteiger partial charge in [0.1, 0.15) is 0 Å². The van der Waals surface area contributed by atoms with E-state index < -0.39 is 0 Å². The fraction of sp³-hybridized carbons (Fsp3) is 0.286. The molecular formula is C21H23N5O2S. The van der Waals surface area contributed by atoms with Gasteiger partial charge in [-0.3, -0.25) is 9.59 Å².